The van der Waals surface area contributed by atoms with Gasteiger partial charge in [0.05, 0.1) is 20.5 Å². The van der Waals surface area contributed by atoms with Gasteiger partial charge in [0.15, 0.2) is 0 Å². The molecule has 0 aliphatic rings. The molecule has 1 heterocycles. The van der Waals surface area contributed by atoms with Crippen molar-refractivity contribution in [2.75, 3.05) is 6.61 Å². The average Bonchev–Trinajstić information content (AvgIpc) is 3.19. The maximum absolute atomic E-state index is 6.00. The Bertz CT molecular complexity index is 1080. The Hall–Kier alpha value is -2.13. The van der Waals surface area contributed by atoms with Gasteiger partial charge in [-0.15, -0.1) is 0 Å². The number of ether oxygens (including phenoxy) is 1. The van der Waals surface area contributed by atoms with Gasteiger partial charge in [-0.2, -0.15) is 0 Å². The molecule has 3 aromatic carbocycles. The number of aromatic amines is 1. The number of benzene rings is 3. The quantitative estimate of drug-likeness (QED) is 0.187. The van der Waals surface area contributed by atoms with Gasteiger partial charge in [0, 0.05) is 14.7 Å². The second-order valence-corrected chi connectivity index (χ2v) is 8.81. The minimum absolute atomic E-state index is 0.446. The Morgan fingerprint density at radius 2 is 1.59 bits per heavy atom. The van der Waals surface area contributed by atoms with Crippen LogP contribution >= 0.6 is 45.2 Å². The summed E-state index contributed by atoms with van der Waals surface area (Å²) in [5, 5.41) is 0. The van der Waals surface area contributed by atoms with Crippen molar-refractivity contribution in [3.8, 4) is 39.7 Å². The van der Waals surface area contributed by atoms with Crippen LogP contribution in [0.3, 0.4) is 0 Å². The zero-order chi connectivity index (χ0) is 20.2. The lowest BCUT2D eigenvalue weighted by molar-refractivity contribution is 0.362. The zero-order valence-corrected chi connectivity index (χ0v) is 19.8. The summed E-state index contributed by atoms with van der Waals surface area (Å²) in [6.45, 7) is 4.22. The first kappa shape index (κ1) is 20.2. The van der Waals surface area contributed by atoms with Crippen LogP contribution in [0.4, 0.5) is 0 Å². The first-order chi connectivity index (χ1) is 14.2. The molecule has 0 saturated carbocycles. The van der Waals surface area contributed by atoms with Crippen molar-refractivity contribution in [3.63, 3.8) is 0 Å². The van der Waals surface area contributed by atoms with Crippen LogP contribution in [-0.2, 0) is 0 Å². The summed E-state index contributed by atoms with van der Waals surface area (Å²) in [6, 6.07) is 24.7. The second kappa shape index (κ2) is 9.13. The molecule has 0 unspecified atom stereocenters. The predicted molar refractivity (Wildman–Crippen MR) is 136 cm³/mol. The summed E-state index contributed by atoms with van der Waals surface area (Å²) >= 11 is 4.64. The lowest BCUT2D eigenvalue weighted by Gasteiger charge is -2.11. The lowest BCUT2D eigenvalue weighted by Crippen LogP contribution is -1.99. The fourth-order valence-electron chi connectivity index (χ4n) is 3.14. The van der Waals surface area contributed by atoms with Gasteiger partial charge in [0.1, 0.15) is 18.2 Å². The number of H-pyrrole nitrogens is 1. The molecule has 29 heavy (non-hydrogen) atoms. The Morgan fingerprint density at radius 1 is 0.931 bits per heavy atom. The van der Waals surface area contributed by atoms with E-state index in [-0.39, 0.29) is 0 Å². The van der Waals surface area contributed by atoms with Crippen molar-refractivity contribution in [3.05, 3.63) is 92.6 Å². The molecule has 3 nitrogen and oxygen atoms in total. The van der Waals surface area contributed by atoms with E-state index < -0.39 is 0 Å². The molecule has 1 N–H and O–H groups in total. The largest absolute Gasteiger partial charge is 0.488 e. The molecule has 0 amide bonds. The molecule has 0 bridgehead atoms. The summed E-state index contributed by atoms with van der Waals surface area (Å²) in [5.74, 6) is 1.61. The number of aromatic nitrogens is 2. The van der Waals surface area contributed by atoms with Crippen LogP contribution in [0, 0.1) is 7.14 Å². The van der Waals surface area contributed by atoms with Crippen LogP contribution in [-0.4, -0.2) is 16.6 Å². The van der Waals surface area contributed by atoms with E-state index in [0.717, 1.165) is 46.8 Å². The van der Waals surface area contributed by atoms with E-state index in [1.54, 1.807) is 6.08 Å². The molecule has 0 radical (unpaired) electrons. The molecule has 0 fully saturated rings. The van der Waals surface area contributed by atoms with Crippen LogP contribution in [0.15, 0.2) is 85.5 Å². The fraction of sp³-hybridized carbons (Fsp3) is 0.0417. The second-order valence-electron chi connectivity index (χ2n) is 6.41. The summed E-state index contributed by atoms with van der Waals surface area (Å²) in [4.78, 5) is 8.57. The number of nitrogens with zero attached hydrogens (tertiary/aromatic N) is 1. The summed E-state index contributed by atoms with van der Waals surface area (Å²) in [6.07, 6.45) is 1.75. The molecule has 4 rings (SSSR count). The molecule has 4 aromatic rings. The van der Waals surface area contributed by atoms with Crippen molar-refractivity contribution in [2.24, 2.45) is 0 Å². The highest BCUT2D eigenvalue weighted by Gasteiger charge is 2.19. The van der Waals surface area contributed by atoms with Gasteiger partial charge >= 0.3 is 0 Å². The van der Waals surface area contributed by atoms with Crippen LogP contribution in [0.1, 0.15) is 0 Å². The van der Waals surface area contributed by atoms with E-state index in [1.807, 2.05) is 36.4 Å². The van der Waals surface area contributed by atoms with Crippen LogP contribution in [0.25, 0.3) is 33.9 Å². The van der Waals surface area contributed by atoms with E-state index in [1.165, 1.54) is 0 Å². The van der Waals surface area contributed by atoms with Crippen LogP contribution < -0.4 is 4.74 Å². The first-order valence-electron chi connectivity index (χ1n) is 9.11. The standard InChI is InChI=1S/C24H18I2N2O/c1-2-13-29-23-19(14-18(25)15-20(23)26)24-27-21(16-9-5-3-6-10-16)22(28-24)17-11-7-4-8-12-17/h2-12,14-15H,1,13H2,(H,27,28). The third-order valence-corrected chi connectivity index (χ3v) is 5.85. The minimum atomic E-state index is 0.446. The maximum Gasteiger partial charge on any atom is 0.144 e. The van der Waals surface area contributed by atoms with E-state index in [2.05, 4.69) is 93.1 Å². The lowest BCUT2D eigenvalue weighted by atomic mass is 10.1. The smallest absolute Gasteiger partial charge is 0.144 e. The molecule has 0 aliphatic carbocycles. The van der Waals surface area contributed by atoms with Gasteiger partial charge in [0.2, 0.25) is 0 Å². The molecule has 0 aliphatic heterocycles. The molecular weight excluding hydrogens is 586 g/mol. The van der Waals surface area contributed by atoms with Gasteiger partial charge < -0.3 is 9.72 Å². The highest BCUT2D eigenvalue weighted by Crippen LogP contribution is 2.38. The van der Waals surface area contributed by atoms with Crippen molar-refractivity contribution in [2.45, 2.75) is 0 Å². The highest BCUT2D eigenvalue weighted by molar-refractivity contribution is 14.1. The third kappa shape index (κ3) is 4.40. The Balaban J connectivity index is 1.93. The molecule has 0 spiro atoms. The molecule has 0 atom stereocenters. The average molecular weight is 604 g/mol. The zero-order valence-electron chi connectivity index (χ0n) is 15.5. The third-order valence-electron chi connectivity index (χ3n) is 4.42. The molecule has 144 valence electrons. The number of imidazole rings is 1. The molecular formula is C24H18I2N2O. The highest BCUT2D eigenvalue weighted by atomic mass is 127. The van der Waals surface area contributed by atoms with E-state index >= 15 is 0 Å². The normalized spacial score (nSPS) is 10.7. The number of hydrogen-bond donors (Lipinski definition) is 1. The maximum atomic E-state index is 6.00. The summed E-state index contributed by atoms with van der Waals surface area (Å²) < 4.78 is 8.18. The summed E-state index contributed by atoms with van der Waals surface area (Å²) in [5.41, 5.74) is 5.04. The van der Waals surface area contributed by atoms with Crippen LogP contribution in [0.2, 0.25) is 0 Å². The van der Waals surface area contributed by atoms with Crippen LogP contribution in [0.5, 0.6) is 5.75 Å². The van der Waals surface area contributed by atoms with Gasteiger partial charge in [-0.05, 0) is 57.3 Å². The van der Waals surface area contributed by atoms with E-state index in [9.17, 15) is 0 Å². The molecule has 0 saturated heterocycles. The SMILES string of the molecule is C=CCOc1c(I)cc(I)cc1-c1nc(-c2ccccc2)c(-c2ccccc2)[nH]1. The first-order valence-corrected chi connectivity index (χ1v) is 11.3. The minimum Gasteiger partial charge on any atom is -0.488 e. The Labute approximate surface area is 197 Å². The fourth-order valence-corrected chi connectivity index (χ4v) is 5.15. The summed E-state index contributed by atoms with van der Waals surface area (Å²) in [7, 11) is 0. The molecule has 5 heteroatoms. The number of hydrogen-bond acceptors (Lipinski definition) is 2. The van der Waals surface area contributed by atoms with Crippen molar-refractivity contribution in [1.82, 2.24) is 9.97 Å². The van der Waals surface area contributed by atoms with Crippen molar-refractivity contribution >= 4 is 45.2 Å². The van der Waals surface area contributed by atoms with Gasteiger partial charge in [-0.3, -0.25) is 0 Å². The van der Waals surface area contributed by atoms with Crippen molar-refractivity contribution < 1.29 is 4.74 Å². The predicted octanol–water partition coefficient (Wildman–Crippen LogP) is 7.18. The van der Waals surface area contributed by atoms with E-state index in [4.69, 9.17) is 9.72 Å². The van der Waals surface area contributed by atoms with Gasteiger partial charge in [-0.25, -0.2) is 4.98 Å². The van der Waals surface area contributed by atoms with E-state index in [0.29, 0.717) is 6.61 Å². The Kier molecular flexibility index (Phi) is 6.34. The number of nitrogens with one attached hydrogen (secondary N) is 1. The number of halogens is 2. The monoisotopic (exact) mass is 604 g/mol. The molecule has 1 aromatic heterocycles. The van der Waals surface area contributed by atoms with Gasteiger partial charge in [0.25, 0.3) is 0 Å². The number of rotatable bonds is 6. The Morgan fingerprint density at radius 3 is 2.24 bits per heavy atom. The van der Waals surface area contributed by atoms with Gasteiger partial charge in [-0.1, -0.05) is 73.3 Å². The van der Waals surface area contributed by atoms with Crippen molar-refractivity contribution in [1.29, 1.82) is 0 Å². The topological polar surface area (TPSA) is 37.9 Å².